The molecule has 0 spiro atoms. The standard InChI is InChI=1S/C21H24FN7O2/c1-12(2)17-10-29(5-4-23-17)21-24-9-16(27-28-21)20-14(22)6-13(7-18(20)30)15-8-19(31-3)26-11-25-15/h6-9,11-12,17,23,30H,4-5,10H2,1-3H3/t17-/m1/s1. The van der Waals surface area contributed by atoms with Gasteiger partial charge in [-0.1, -0.05) is 13.8 Å². The molecule has 162 valence electrons. The smallest absolute Gasteiger partial charge is 0.245 e. The van der Waals surface area contributed by atoms with Crippen LogP contribution in [-0.2, 0) is 0 Å². The Kier molecular flexibility index (Phi) is 5.90. The van der Waals surface area contributed by atoms with E-state index in [1.807, 2.05) is 0 Å². The average molecular weight is 425 g/mol. The molecule has 2 aromatic heterocycles. The predicted octanol–water partition coefficient (Wildman–Crippen LogP) is 2.28. The minimum Gasteiger partial charge on any atom is -0.507 e. The number of methoxy groups -OCH3 is 1. The van der Waals surface area contributed by atoms with Gasteiger partial charge in [0, 0.05) is 37.3 Å². The van der Waals surface area contributed by atoms with E-state index in [4.69, 9.17) is 4.74 Å². The van der Waals surface area contributed by atoms with E-state index in [-0.39, 0.29) is 17.0 Å². The first-order chi connectivity index (χ1) is 15.0. The predicted molar refractivity (Wildman–Crippen MR) is 113 cm³/mol. The number of nitrogens with zero attached hydrogens (tertiary/aromatic N) is 6. The minimum absolute atomic E-state index is 0.0586. The maximum absolute atomic E-state index is 14.9. The highest BCUT2D eigenvalue weighted by Crippen LogP contribution is 2.35. The lowest BCUT2D eigenvalue weighted by Crippen LogP contribution is -2.53. The number of hydrogen-bond acceptors (Lipinski definition) is 9. The van der Waals surface area contributed by atoms with Gasteiger partial charge < -0.3 is 20.1 Å². The number of benzene rings is 1. The monoisotopic (exact) mass is 425 g/mol. The summed E-state index contributed by atoms with van der Waals surface area (Å²) in [4.78, 5) is 14.5. The Morgan fingerprint density at radius 3 is 2.68 bits per heavy atom. The summed E-state index contributed by atoms with van der Waals surface area (Å²) in [7, 11) is 1.48. The summed E-state index contributed by atoms with van der Waals surface area (Å²) in [6, 6.07) is 4.59. The van der Waals surface area contributed by atoms with Gasteiger partial charge in [0.15, 0.2) is 0 Å². The van der Waals surface area contributed by atoms with Gasteiger partial charge in [-0.3, -0.25) is 0 Å². The van der Waals surface area contributed by atoms with Gasteiger partial charge in [-0.25, -0.2) is 19.3 Å². The van der Waals surface area contributed by atoms with Crippen molar-refractivity contribution >= 4 is 5.95 Å². The SMILES string of the molecule is COc1cc(-c2cc(O)c(-c3cnc(N4CCN[C@@H](C(C)C)C4)nn3)c(F)c2)ncn1. The van der Waals surface area contributed by atoms with E-state index in [2.05, 4.69) is 49.2 Å². The number of anilines is 1. The fourth-order valence-corrected chi connectivity index (χ4v) is 3.54. The lowest BCUT2D eigenvalue weighted by molar-refractivity contribution is 0.365. The molecule has 0 saturated carbocycles. The van der Waals surface area contributed by atoms with Crippen LogP contribution in [0.15, 0.2) is 30.7 Å². The fourth-order valence-electron chi connectivity index (χ4n) is 3.54. The second kappa shape index (κ2) is 8.76. The molecular formula is C21H24FN7O2. The van der Waals surface area contributed by atoms with Crippen LogP contribution in [0, 0.1) is 11.7 Å². The highest BCUT2D eigenvalue weighted by Gasteiger charge is 2.24. The van der Waals surface area contributed by atoms with Crippen molar-refractivity contribution < 1.29 is 14.2 Å². The minimum atomic E-state index is -0.654. The molecule has 1 saturated heterocycles. The first-order valence-electron chi connectivity index (χ1n) is 10.0. The van der Waals surface area contributed by atoms with Crippen molar-refractivity contribution in [2.45, 2.75) is 19.9 Å². The molecule has 3 heterocycles. The summed E-state index contributed by atoms with van der Waals surface area (Å²) in [6.45, 7) is 6.70. The van der Waals surface area contributed by atoms with Crippen LogP contribution in [0.2, 0.25) is 0 Å². The molecule has 2 N–H and O–H groups in total. The zero-order chi connectivity index (χ0) is 22.0. The van der Waals surface area contributed by atoms with Gasteiger partial charge in [-0.05, 0) is 18.1 Å². The number of aromatic nitrogens is 5. The van der Waals surface area contributed by atoms with Gasteiger partial charge in [-0.15, -0.1) is 10.2 Å². The Morgan fingerprint density at radius 2 is 2.00 bits per heavy atom. The maximum atomic E-state index is 14.9. The normalized spacial score (nSPS) is 16.5. The number of rotatable bonds is 5. The molecule has 10 heteroatoms. The fraction of sp³-hybridized carbons (Fsp3) is 0.381. The number of hydrogen-bond donors (Lipinski definition) is 2. The third-order valence-corrected chi connectivity index (χ3v) is 5.31. The van der Waals surface area contributed by atoms with E-state index in [1.54, 1.807) is 6.07 Å². The molecule has 0 aliphatic carbocycles. The number of phenolic OH excluding ortho intramolecular Hbond substituents is 1. The van der Waals surface area contributed by atoms with Crippen LogP contribution in [0.3, 0.4) is 0 Å². The zero-order valence-electron chi connectivity index (χ0n) is 17.6. The number of ether oxygens (including phenoxy) is 1. The average Bonchev–Trinajstić information content (AvgIpc) is 2.79. The molecule has 9 nitrogen and oxygen atoms in total. The van der Waals surface area contributed by atoms with E-state index in [1.165, 1.54) is 31.8 Å². The van der Waals surface area contributed by atoms with Gasteiger partial charge in [0.05, 0.1) is 24.6 Å². The van der Waals surface area contributed by atoms with Gasteiger partial charge in [-0.2, -0.15) is 0 Å². The zero-order valence-corrected chi connectivity index (χ0v) is 17.6. The summed E-state index contributed by atoms with van der Waals surface area (Å²) >= 11 is 0. The van der Waals surface area contributed by atoms with Crippen molar-refractivity contribution in [2.75, 3.05) is 31.6 Å². The second-order valence-electron chi connectivity index (χ2n) is 7.69. The molecule has 1 atom stereocenters. The first kappa shape index (κ1) is 20.9. The quantitative estimate of drug-likeness (QED) is 0.636. The summed E-state index contributed by atoms with van der Waals surface area (Å²) in [5, 5.41) is 22.3. The number of phenols is 1. The maximum Gasteiger partial charge on any atom is 0.245 e. The molecule has 1 aromatic carbocycles. The van der Waals surface area contributed by atoms with Gasteiger partial charge >= 0.3 is 0 Å². The summed E-state index contributed by atoms with van der Waals surface area (Å²) in [6.07, 6.45) is 2.74. The van der Waals surface area contributed by atoms with E-state index in [0.717, 1.165) is 19.6 Å². The van der Waals surface area contributed by atoms with Crippen molar-refractivity contribution in [3.05, 3.63) is 36.5 Å². The van der Waals surface area contributed by atoms with Crippen molar-refractivity contribution in [1.29, 1.82) is 0 Å². The lowest BCUT2D eigenvalue weighted by Gasteiger charge is -2.35. The van der Waals surface area contributed by atoms with Gasteiger partial charge in [0.2, 0.25) is 11.8 Å². The molecule has 0 radical (unpaired) electrons. The molecule has 0 unspecified atom stereocenters. The van der Waals surface area contributed by atoms with E-state index < -0.39 is 5.82 Å². The summed E-state index contributed by atoms with van der Waals surface area (Å²) in [5.74, 6) is 0.374. The summed E-state index contributed by atoms with van der Waals surface area (Å²) in [5.41, 5.74) is 0.904. The van der Waals surface area contributed by atoms with Crippen molar-refractivity contribution in [1.82, 2.24) is 30.5 Å². The molecule has 0 bridgehead atoms. The molecule has 1 aliphatic heterocycles. The van der Waals surface area contributed by atoms with Gasteiger partial charge in [0.25, 0.3) is 0 Å². The van der Waals surface area contributed by atoms with Crippen LogP contribution in [-0.4, -0.2) is 63.0 Å². The number of nitrogens with one attached hydrogen (secondary N) is 1. The number of aromatic hydroxyl groups is 1. The third-order valence-electron chi connectivity index (χ3n) is 5.31. The third kappa shape index (κ3) is 4.38. The van der Waals surface area contributed by atoms with Crippen LogP contribution in [0.5, 0.6) is 11.6 Å². The second-order valence-corrected chi connectivity index (χ2v) is 7.69. The van der Waals surface area contributed by atoms with E-state index in [9.17, 15) is 9.50 Å². The van der Waals surface area contributed by atoms with Crippen molar-refractivity contribution in [3.8, 4) is 34.1 Å². The molecule has 0 amide bonds. The Hall–Kier alpha value is -3.40. The lowest BCUT2D eigenvalue weighted by atomic mass is 10.0. The number of halogens is 1. The first-order valence-corrected chi connectivity index (χ1v) is 10.0. The molecule has 3 aromatic rings. The van der Waals surface area contributed by atoms with E-state index in [0.29, 0.717) is 35.0 Å². The van der Waals surface area contributed by atoms with Gasteiger partial charge in [0.1, 0.15) is 23.6 Å². The number of piperazine rings is 1. The Labute approximate surface area is 179 Å². The van der Waals surface area contributed by atoms with Crippen molar-refractivity contribution in [2.24, 2.45) is 5.92 Å². The molecule has 1 aliphatic rings. The van der Waals surface area contributed by atoms with Crippen LogP contribution in [0.4, 0.5) is 10.3 Å². The van der Waals surface area contributed by atoms with Crippen LogP contribution in [0.25, 0.3) is 22.5 Å². The topological polar surface area (TPSA) is 109 Å². The van der Waals surface area contributed by atoms with Crippen LogP contribution in [0.1, 0.15) is 13.8 Å². The van der Waals surface area contributed by atoms with Crippen LogP contribution < -0.4 is 15.0 Å². The molecular weight excluding hydrogens is 401 g/mol. The van der Waals surface area contributed by atoms with E-state index >= 15 is 0 Å². The highest BCUT2D eigenvalue weighted by atomic mass is 19.1. The Morgan fingerprint density at radius 1 is 1.16 bits per heavy atom. The molecule has 4 rings (SSSR count). The molecule has 31 heavy (non-hydrogen) atoms. The Balaban J connectivity index is 1.59. The molecule has 1 fully saturated rings. The summed E-state index contributed by atoms with van der Waals surface area (Å²) < 4.78 is 20.0. The van der Waals surface area contributed by atoms with Crippen LogP contribution >= 0.6 is 0 Å². The Bertz CT molecular complexity index is 1040. The largest absolute Gasteiger partial charge is 0.507 e. The van der Waals surface area contributed by atoms with Crippen molar-refractivity contribution in [3.63, 3.8) is 0 Å². The highest BCUT2D eigenvalue weighted by molar-refractivity contribution is 5.73.